The van der Waals surface area contributed by atoms with Gasteiger partial charge in [-0.1, -0.05) is 17.7 Å². The Balaban J connectivity index is 1.71. The molecule has 1 fully saturated rings. The molecule has 0 aromatic heterocycles. The van der Waals surface area contributed by atoms with E-state index in [-0.39, 0.29) is 18.6 Å². The Morgan fingerprint density at radius 1 is 1.37 bits per heavy atom. The molecular formula is C15H22N2O2. The van der Waals surface area contributed by atoms with Gasteiger partial charge >= 0.3 is 0 Å². The second-order valence-corrected chi connectivity index (χ2v) is 5.23. The predicted octanol–water partition coefficient (Wildman–Crippen LogP) is 2.09. The van der Waals surface area contributed by atoms with Gasteiger partial charge in [0.2, 0.25) is 5.91 Å². The summed E-state index contributed by atoms with van der Waals surface area (Å²) in [6.07, 6.45) is 2.27. The van der Waals surface area contributed by atoms with Gasteiger partial charge in [-0.15, -0.1) is 0 Å². The molecule has 2 rings (SSSR count). The second kappa shape index (κ2) is 6.68. The van der Waals surface area contributed by atoms with Crippen molar-refractivity contribution in [2.75, 3.05) is 18.5 Å². The van der Waals surface area contributed by atoms with E-state index < -0.39 is 0 Å². The van der Waals surface area contributed by atoms with Crippen molar-refractivity contribution in [1.82, 2.24) is 5.32 Å². The van der Waals surface area contributed by atoms with Gasteiger partial charge in [0.15, 0.2) is 0 Å². The minimum atomic E-state index is -0.0949. The summed E-state index contributed by atoms with van der Waals surface area (Å²) in [6.45, 7) is 5.14. The van der Waals surface area contributed by atoms with E-state index in [2.05, 4.69) is 17.6 Å². The van der Waals surface area contributed by atoms with Crippen LogP contribution in [0.4, 0.5) is 5.69 Å². The lowest BCUT2D eigenvalue weighted by Crippen LogP contribution is -2.41. The molecule has 0 spiro atoms. The van der Waals surface area contributed by atoms with Crippen molar-refractivity contribution in [2.24, 2.45) is 0 Å². The lowest BCUT2D eigenvalue weighted by molar-refractivity contribution is -0.123. The van der Waals surface area contributed by atoms with E-state index in [9.17, 15) is 4.79 Å². The fourth-order valence-electron chi connectivity index (χ4n) is 2.14. The van der Waals surface area contributed by atoms with Gasteiger partial charge in [0.25, 0.3) is 0 Å². The molecule has 0 radical (unpaired) electrons. The third-order valence-electron chi connectivity index (χ3n) is 3.40. The molecule has 1 aromatic carbocycles. The quantitative estimate of drug-likeness (QED) is 0.873. The van der Waals surface area contributed by atoms with Crippen molar-refractivity contribution in [3.8, 4) is 0 Å². The number of amides is 1. The third-order valence-corrected chi connectivity index (χ3v) is 3.40. The van der Waals surface area contributed by atoms with Gasteiger partial charge in [0.05, 0.1) is 6.10 Å². The Morgan fingerprint density at radius 2 is 2.11 bits per heavy atom. The SMILES string of the molecule is Cc1ccc(NC(=O)COC2CCC(C)NC2)cc1. The zero-order chi connectivity index (χ0) is 13.7. The van der Waals surface area contributed by atoms with Crippen molar-refractivity contribution in [2.45, 2.75) is 38.8 Å². The van der Waals surface area contributed by atoms with Gasteiger partial charge in [0.1, 0.15) is 6.61 Å². The van der Waals surface area contributed by atoms with Gasteiger partial charge in [-0.2, -0.15) is 0 Å². The minimum absolute atomic E-state index is 0.0949. The molecule has 2 unspecified atom stereocenters. The molecule has 4 nitrogen and oxygen atoms in total. The van der Waals surface area contributed by atoms with E-state index in [4.69, 9.17) is 4.74 Å². The van der Waals surface area contributed by atoms with E-state index in [1.54, 1.807) is 0 Å². The molecule has 1 heterocycles. The topological polar surface area (TPSA) is 50.4 Å². The summed E-state index contributed by atoms with van der Waals surface area (Å²) < 4.78 is 5.61. The van der Waals surface area contributed by atoms with E-state index in [0.29, 0.717) is 6.04 Å². The van der Waals surface area contributed by atoms with Gasteiger partial charge < -0.3 is 15.4 Å². The summed E-state index contributed by atoms with van der Waals surface area (Å²) in [6, 6.07) is 8.31. The molecule has 104 valence electrons. The second-order valence-electron chi connectivity index (χ2n) is 5.23. The number of carbonyl (C=O) groups excluding carboxylic acids is 1. The van der Waals surface area contributed by atoms with Gasteiger partial charge in [-0.25, -0.2) is 0 Å². The van der Waals surface area contributed by atoms with Gasteiger partial charge in [-0.05, 0) is 38.8 Å². The highest BCUT2D eigenvalue weighted by atomic mass is 16.5. The van der Waals surface area contributed by atoms with Crippen LogP contribution in [0.25, 0.3) is 0 Å². The van der Waals surface area contributed by atoms with Crippen molar-refractivity contribution in [3.63, 3.8) is 0 Å². The monoisotopic (exact) mass is 262 g/mol. The number of nitrogens with one attached hydrogen (secondary N) is 2. The van der Waals surface area contributed by atoms with Crippen molar-refractivity contribution in [3.05, 3.63) is 29.8 Å². The van der Waals surface area contributed by atoms with E-state index in [1.165, 1.54) is 5.56 Å². The highest BCUT2D eigenvalue weighted by Gasteiger charge is 2.18. The molecule has 0 bridgehead atoms. The molecule has 2 N–H and O–H groups in total. The maximum Gasteiger partial charge on any atom is 0.250 e. The van der Waals surface area contributed by atoms with E-state index in [0.717, 1.165) is 25.1 Å². The molecular weight excluding hydrogens is 240 g/mol. The zero-order valence-corrected chi connectivity index (χ0v) is 11.6. The van der Waals surface area contributed by atoms with Crippen LogP contribution < -0.4 is 10.6 Å². The van der Waals surface area contributed by atoms with Gasteiger partial charge in [0, 0.05) is 18.3 Å². The fourth-order valence-corrected chi connectivity index (χ4v) is 2.14. The Bertz CT molecular complexity index is 409. The molecule has 1 aliphatic heterocycles. The third kappa shape index (κ3) is 4.65. The normalized spacial score (nSPS) is 23.1. The van der Waals surface area contributed by atoms with Crippen LogP contribution in [0.5, 0.6) is 0 Å². The molecule has 19 heavy (non-hydrogen) atoms. The number of aryl methyl sites for hydroxylation is 1. The van der Waals surface area contributed by atoms with Crippen LogP contribution in [-0.2, 0) is 9.53 Å². The first-order chi connectivity index (χ1) is 9.13. The Kier molecular flexibility index (Phi) is 4.93. The summed E-state index contributed by atoms with van der Waals surface area (Å²) in [7, 11) is 0. The Labute approximate surface area is 114 Å². The van der Waals surface area contributed by atoms with Crippen LogP contribution in [0.15, 0.2) is 24.3 Å². The number of carbonyl (C=O) groups is 1. The van der Waals surface area contributed by atoms with Crippen LogP contribution in [0, 0.1) is 6.92 Å². The molecule has 0 aliphatic carbocycles. The molecule has 1 amide bonds. The molecule has 1 aromatic rings. The smallest absolute Gasteiger partial charge is 0.250 e. The molecule has 1 saturated heterocycles. The summed E-state index contributed by atoms with van der Waals surface area (Å²) in [5.41, 5.74) is 1.99. The predicted molar refractivity (Wildman–Crippen MR) is 76.2 cm³/mol. The Morgan fingerprint density at radius 3 is 2.74 bits per heavy atom. The first-order valence-electron chi connectivity index (χ1n) is 6.85. The lowest BCUT2D eigenvalue weighted by atomic mass is 10.0. The number of ether oxygens (including phenoxy) is 1. The fraction of sp³-hybridized carbons (Fsp3) is 0.533. The standard InChI is InChI=1S/C15H22N2O2/c1-11-3-6-13(7-4-11)17-15(18)10-19-14-8-5-12(2)16-9-14/h3-4,6-7,12,14,16H,5,8-10H2,1-2H3,(H,17,18). The van der Waals surface area contributed by atoms with E-state index >= 15 is 0 Å². The number of rotatable bonds is 4. The first kappa shape index (κ1) is 14.0. The van der Waals surface area contributed by atoms with Crippen molar-refractivity contribution in [1.29, 1.82) is 0 Å². The van der Waals surface area contributed by atoms with Gasteiger partial charge in [-0.3, -0.25) is 4.79 Å². The molecule has 4 heteroatoms. The summed E-state index contributed by atoms with van der Waals surface area (Å²) in [4.78, 5) is 11.7. The average Bonchev–Trinajstić information content (AvgIpc) is 2.41. The molecule has 2 atom stereocenters. The van der Waals surface area contributed by atoms with Crippen LogP contribution in [0.1, 0.15) is 25.3 Å². The van der Waals surface area contributed by atoms with Crippen LogP contribution in [-0.4, -0.2) is 31.2 Å². The van der Waals surface area contributed by atoms with Crippen molar-refractivity contribution >= 4 is 11.6 Å². The van der Waals surface area contributed by atoms with E-state index in [1.807, 2.05) is 31.2 Å². The highest BCUT2D eigenvalue weighted by molar-refractivity contribution is 5.91. The zero-order valence-electron chi connectivity index (χ0n) is 11.6. The number of anilines is 1. The summed E-state index contributed by atoms with van der Waals surface area (Å²) in [5, 5.41) is 6.19. The van der Waals surface area contributed by atoms with Crippen LogP contribution >= 0.6 is 0 Å². The maximum atomic E-state index is 11.7. The number of piperidine rings is 1. The van der Waals surface area contributed by atoms with Crippen LogP contribution in [0.2, 0.25) is 0 Å². The first-order valence-corrected chi connectivity index (χ1v) is 6.85. The lowest BCUT2D eigenvalue weighted by Gasteiger charge is -2.27. The summed E-state index contributed by atoms with van der Waals surface area (Å²) >= 11 is 0. The number of hydrogen-bond donors (Lipinski definition) is 2. The van der Waals surface area contributed by atoms with Crippen LogP contribution in [0.3, 0.4) is 0 Å². The maximum absolute atomic E-state index is 11.7. The number of hydrogen-bond acceptors (Lipinski definition) is 3. The largest absolute Gasteiger partial charge is 0.367 e. The number of benzene rings is 1. The minimum Gasteiger partial charge on any atom is -0.367 e. The molecule has 0 saturated carbocycles. The average molecular weight is 262 g/mol. The molecule has 1 aliphatic rings. The summed E-state index contributed by atoms with van der Waals surface area (Å²) in [5.74, 6) is -0.0949. The van der Waals surface area contributed by atoms with Crippen molar-refractivity contribution < 1.29 is 9.53 Å². The highest BCUT2D eigenvalue weighted by Crippen LogP contribution is 2.11. The Hall–Kier alpha value is -1.39.